The standard InChI is InChI=1S/C27H31ClN2O3S/c1-19-9-15-25(16-10-19)34(32,33)30(24-8-6-7-23(28)17-24)18-26(31)29-20(2)21-11-13-22(14-12-21)27(3,4)5/h6-17,20H,18H2,1-5H3,(H,29,31)/t20-/m1/s1. The van der Waals surface area contributed by atoms with Crippen LogP contribution < -0.4 is 9.62 Å². The van der Waals surface area contributed by atoms with Crippen molar-refractivity contribution >= 4 is 33.2 Å². The van der Waals surface area contributed by atoms with Gasteiger partial charge in [-0.15, -0.1) is 0 Å². The van der Waals surface area contributed by atoms with Crippen molar-refractivity contribution in [2.45, 2.75) is 51.0 Å². The van der Waals surface area contributed by atoms with Crippen molar-refractivity contribution in [3.05, 3.63) is 94.5 Å². The molecule has 3 aromatic carbocycles. The Balaban J connectivity index is 1.85. The Morgan fingerprint density at radius 1 is 1.00 bits per heavy atom. The van der Waals surface area contributed by atoms with Gasteiger partial charge in [-0.1, -0.05) is 80.4 Å². The molecule has 1 amide bonds. The highest BCUT2D eigenvalue weighted by molar-refractivity contribution is 7.92. The fourth-order valence-corrected chi connectivity index (χ4v) is 5.15. The largest absolute Gasteiger partial charge is 0.348 e. The zero-order chi connectivity index (χ0) is 25.1. The van der Waals surface area contributed by atoms with Gasteiger partial charge < -0.3 is 5.32 Å². The monoisotopic (exact) mass is 498 g/mol. The maximum atomic E-state index is 13.5. The fourth-order valence-electron chi connectivity index (χ4n) is 3.56. The summed E-state index contributed by atoms with van der Waals surface area (Å²) in [6.45, 7) is 9.82. The number of benzene rings is 3. The first-order valence-corrected chi connectivity index (χ1v) is 12.9. The Morgan fingerprint density at radius 3 is 2.18 bits per heavy atom. The maximum absolute atomic E-state index is 13.5. The van der Waals surface area contributed by atoms with E-state index in [1.807, 2.05) is 26.0 Å². The summed E-state index contributed by atoms with van der Waals surface area (Å²) in [5.74, 6) is -0.414. The smallest absolute Gasteiger partial charge is 0.264 e. The summed E-state index contributed by atoms with van der Waals surface area (Å²) in [4.78, 5) is 13.1. The van der Waals surface area contributed by atoms with E-state index in [-0.39, 0.29) is 22.9 Å². The van der Waals surface area contributed by atoms with Gasteiger partial charge in [0.05, 0.1) is 16.6 Å². The molecule has 1 atom stereocenters. The van der Waals surface area contributed by atoms with Crippen molar-refractivity contribution in [3.8, 4) is 0 Å². The summed E-state index contributed by atoms with van der Waals surface area (Å²) < 4.78 is 28.1. The number of rotatable bonds is 7. The molecule has 0 aliphatic rings. The van der Waals surface area contributed by atoms with Crippen molar-refractivity contribution in [1.82, 2.24) is 5.32 Å². The normalized spacial score (nSPS) is 12.8. The maximum Gasteiger partial charge on any atom is 0.264 e. The van der Waals surface area contributed by atoms with Gasteiger partial charge >= 0.3 is 0 Å². The topological polar surface area (TPSA) is 66.5 Å². The molecule has 34 heavy (non-hydrogen) atoms. The fraction of sp³-hybridized carbons (Fsp3) is 0.296. The molecule has 0 fully saturated rings. The lowest BCUT2D eigenvalue weighted by atomic mass is 9.86. The van der Waals surface area contributed by atoms with Crippen LogP contribution in [0.1, 0.15) is 50.4 Å². The Hall–Kier alpha value is -2.83. The molecule has 0 saturated heterocycles. The molecule has 0 radical (unpaired) electrons. The first-order valence-electron chi connectivity index (χ1n) is 11.1. The summed E-state index contributed by atoms with van der Waals surface area (Å²) in [6.07, 6.45) is 0. The number of halogens is 1. The van der Waals surface area contributed by atoms with Gasteiger partial charge in [-0.2, -0.15) is 0 Å². The molecule has 0 spiro atoms. The molecule has 0 heterocycles. The molecule has 0 aromatic heterocycles. The van der Waals surface area contributed by atoms with Crippen molar-refractivity contribution < 1.29 is 13.2 Å². The second-order valence-electron chi connectivity index (χ2n) is 9.47. The van der Waals surface area contributed by atoms with E-state index >= 15 is 0 Å². The SMILES string of the molecule is Cc1ccc(S(=O)(=O)N(CC(=O)N[C@H](C)c2ccc(C(C)(C)C)cc2)c2cccc(Cl)c2)cc1. The molecule has 1 N–H and O–H groups in total. The Labute approximate surface area is 207 Å². The van der Waals surface area contributed by atoms with Gasteiger partial charge in [-0.05, 0) is 60.7 Å². The van der Waals surface area contributed by atoms with Crippen LogP contribution in [0.2, 0.25) is 5.02 Å². The number of hydrogen-bond acceptors (Lipinski definition) is 3. The molecule has 0 unspecified atom stereocenters. The number of aryl methyl sites for hydroxylation is 1. The minimum Gasteiger partial charge on any atom is -0.348 e. The highest BCUT2D eigenvalue weighted by Crippen LogP contribution is 2.27. The first-order chi connectivity index (χ1) is 15.9. The summed E-state index contributed by atoms with van der Waals surface area (Å²) >= 11 is 6.13. The van der Waals surface area contributed by atoms with Crippen LogP contribution in [0, 0.1) is 6.92 Å². The predicted octanol–water partition coefficient (Wildman–Crippen LogP) is 6.02. The van der Waals surface area contributed by atoms with E-state index in [4.69, 9.17) is 11.6 Å². The van der Waals surface area contributed by atoms with E-state index in [1.165, 1.54) is 11.6 Å². The third-order valence-electron chi connectivity index (χ3n) is 5.65. The van der Waals surface area contributed by atoms with E-state index in [2.05, 4.69) is 38.2 Å². The lowest BCUT2D eigenvalue weighted by molar-refractivity contribution is -0.120. The summed E-state index contributed by atoms with van der Waals surface area (Å²) in [5.41, 5.74) is 3.44. The second kappa shape index (κ2) is 10.2. The molecule has 5 nitrogen and oxygen atoms in total. The van der Waals surface area contributed by atoms with E-state index in [0.29, 0.717) is 10.7 Å². The highest BCUT2D eigenvalue weighted by atomic mass is 35.5. The van der Waals surface area contributed by atoms with E-state index in [1.54, 1.807) is 42.5 Å². The van der Waals surface area contributed by atoms with Gasteiger partial charge in [-0.25, -0.2) is 8.42 Å². The van der Waals surface area contributed by atoms with Crippen molar-refractivity contribution in [2.24, 2.45) is 0 Å². The molecule has 3 aromatic rings. The van der Waals surface area contributed by atoms with Crippen LogP contribution >= 0.6 is 11.6 Å². The third-order valence-corrected chi connectivity index (χ3v) is 7.67. The minimum absolute atomic E-state index is 0.0345. The molecule has 0 aliphatic carbocycles. The Bertz CT molecular complexity index is 1250. The molecule has 0 bridgehead atoms. The zero-order valence-corrected chi connectivity index (χ0v) is 21.7. The van der Waals surface area contributed by atoms with E-state index < -0.39 is 15.9 Å². The van der Waals surface area contributed by atoms with Crippen LogP contribution in [-0.4, -0.2) is 20.9 Å². The van der Waals surface area contributed by atoms with E-state index in [9.17, 15) is 13.2 Å². The quantitative estimate of drug-likeness (QED) is 0.433. The minimum atomic E-state index is -3.99. The molecule has 7 heteroatoms. The summed E-state index contributed by atoms with van der Waals surface area (Å²) in [6, 6.07) is 20.8. The van der Waals surface area contributed by atoms with Crippen LogP contribution in [0.4, 0.5) is 5.69 Å². The van der Waals surface area contributed by atoms with E-state index in [0.717, 1.165) is 15.4 Å². The van der Waals surface area contributed by atoms with Gasteiger partial charge in [-0.3, -0.25) is 9.10 Å². The van der Waals surface area contributed by atoms with Crippen molar-refractivity contribution in [1.29, 1.82) is 0 Å². The van der Waals surface area contributed by atoms with Crippen LogP contribution in [-0.2, 0) is 20.2 Å². The lowest BCUT2D eigenvalue weighted by Gasteiger charge is -2.25. The average Bonchev–Trinajstić information content (AvgIpc) is 2.77. The summed E-state index contributed by atoms with van der Waals surface area (Å²) in [7, 11) is -3.99. The van der Waals surface area contributed by atoms with Gasteiger partial charge in [0.15, 0.2) is 0 Å². The molecule has 0 saturated carbocycles. The number of nitrogens with one attached hydrogen (secondary N) is 1. The predicted molar refractivity (Wildman–Crippen MR) is 139 cm³/mol. The van der Waals surface area contributed by atoms with Crippen LogP contribution in [0.3, 0.4) is 0 Å². The van der Waals surface area contributed by atoms with Gasteiger partial charge in [0.25, 0.3) is 10.0 Å². The number of sulfonamides is 1. The number of carbonyl (C=O) groups is 1. The van der Waals surface area contributed by atoms with Gasteiger partial charge in [0, 0.05) is 5.02 Å². The highest BCUT2D eigenvalue weighted by Gasteiger charge is 2.28. The molecular weight excluding hydrogens is 468 g/mol. The summed E-state index contributed by atoms with van der Waals surface area (Å²) in [5, 5.41) is 3.31. The van der Waals surface area contributed by atoms with Crippen molar-refractivity contribution in [2.75, 3.05) is 10.8 Å². The Kier molecular flexibility index (Phi) is 7.74. The first kappa shape index (κ1) is 25.8. The molecular formula is C27H31ClN2O3S. The second-order valence-corrected chi connectivity index (χ2v) is 11.8. The number of amides is 1. The molecule has 180 valence electrons. The van der Waals surface area contributed by atoms with Gasteiger partial charge in [0.2, 0.25) is 5.91 Å². The average molecular weight is 499 g/mol. The van der Waals surface area contributed by atoms with Crippen LogP contribution in [0.25, 0.3) is 0 Å². The Morgan fingerprint density at radius 2 is 1.62 bits per heavy atom. The zero-order valence-electron chi connectivity index (χ0n) is 20.2. The number of anilines is 1. The molecule has 0 aliphatic heterocycles. The van der Waals surface area contributed by atoms with Gasteiger partial charge in [0.1, 0.15) is 6.54 Å². The lowest BCUT2D eigenvalue weighted by Crippen LogP contribution is -2.41. The number of hydrogen-bond donors (Lipinski definition) is 1. The molecule has 3 rings (SSSR count). The number of nitrogens with zero attached hydrogens (tertiary/aromatic N) is 1. The van der Waals surface area contributed by atoms with Crippen LogP contribution in [0.15, 0.2) is 77.7 Å². The third kappa shape index (κ3) is 6.19. The van der Waals surface area contributed by atoms with Crippen LogP contribution in [0.5, 0.6) is 0 Å². The number of carbonyl (C=O) groups excluding carboxylic acids is 1. The van der Waals surface area contributed by atoms with Crippen molar-refractivity contribution in [3.63, 3.8) is 0 Å².